The highest BCUT2D eigenvalue weighted by Crippen LogP contribution is 2.31. The Bertz CT molecular complexity index is 597. The number of nitrogens with zero attached hydrogens (tertiary/aromatic N) is 2. The van der Waals surface area contributed by atoms with E-state index in [4.69, 9.17) is 0 Å². The highest BCUT2D eigenvalue weighted by atomic mass is 16.6. The number of nitro groups is 1. The third kappa shape index (κ3) is 3.09. The molecule has 0 N–H and O–H groups in total. The van der Waals surface area contributed by atoms with Gasteiger partial charge in [-0.05, 0) is 24.5 Å². The van der Waals surface area contributed by atoms with E-state index < -0.39 is 4.92 Å². The normalized spacial score (nSPS) is 15.5. The predicted octanol–water partition coefficient (Wildman–Crippen LogP) is 2.49. The van der Waals surface area contributed by atoms with Crippen molar-refractivity contribution in [3.05, 3.63) is 33.9 Å². The van der Waals surface area contributed by atoms with E-state index in [9.17, 15) is 19.7 Å². The van der Waals surface area contributed by atoms with Crippen molar-refractivity contribution in [2.24, 2.45) is 5.92 Å². The van der Waals surface area contributed by atoms with Crippen molar-refractivity contribution >= 4 is 23.1 Å². The molecule has 0 spiro atoms. The second-order valence-electron chi connectivity index (χ2n) is 5.33. The van der Waals surface area contributed by atoms with E-state index >= 15 is 0 Å². The summed E-state index contributed by atoms with van der Waals surface area (Å²) in [6.07, 6.45) is 1.49. The standard InChI is InChI=1S/C15H18N2O4/c1-3-10(2)14(18)9-16-13-6-5-12(17(20)21)8-11(13)4-7-15(16)19/h5-6,8,10H,3-4,7,9H2,1-2H3. The highest BCUT2D eigenvalue weighted by Gasteiger charge is 2.28. The number of ketones is 1. The quantitative estimate of drug-likeness (QED) is 0.616. The van der Waals surface area contributed by atoms with Gasteiger partial charge in [0.05, 0.1) is 11.5 Å². The van der Waals surface area contributed by atoms with Crippen LogP contribution in [0.5, 0.6) is 0 Å². The van der Waals surface area contributed by atoms with Crippen LogP contribution in [-0.4, -0.2) is 23.2 Å². The van der Waals surface area contributed by atoms with Crippen LogP contribution in [0.25, 0.3) is 0 Å². The lowest BCUT2D eigenvalue weighted by Crippen LogP contribution is -2.40. The van der Waals surface area contributed by atoms with Gasteiger partial charge in [0.1, 0.15) is 0 Å². The number of carbonyl (C=O) groups is 2. The zero-order valence-corrected chi connectivity index (χ0v) is 12.2. The molecule has 1 amide bonds. The van der Waals surface area contributed by atoms with Crippen LogP contribution >= 0.6 is 0 Å². The number of non-ortho nitro benzene ring substituents is 1. The molecule has 1 heterocycles. The molecule has 1 aromatic carbocycles. The zero-order valence-electron chi connectivity index (χ0n) is 12.2. The summed E-state index contributed by atoms with van der Waals surface area (Å²) in [5.74, 6) is -0.189. The number of fused-ring (bicyclic) bond motifs is 1. The lowest BCUT2D eigenvalue weighted by Gasteiger charge is -2.29. The Kier molecular flexibility index (Phi) is 4.35. The summed E-state index contributed by atoms with van der Waals surface area (Å²) in [7, 11) is 0. The summed E-state index contributed by atoms with van der Waals surface area (Å²) >= 11 is 0. The van der Waals surface area contributed by atoms with Gasteiger partial charge in [0.2, 0.25) is 5.91 Å². The van der Waals surface area contributed by atoms with Crippen LogP contribution in [0.3, 0.4) is 0 Å². The molecule has 0 fully saturated rings. The summed E-state index contributed by atoms with van der Waals surface area (Å²) in [6.45, 7) is 3.81. The average Bonchev–Trinajstić information content (AvgIpc) is 2.48. The number of amides is 1. The summed E-state index contributed by atoms with van der Waals surface area (Å²) in [6, 6.07) is 4.43. The lowest BCUT2D eigenvalue weighted by atomic mass is 9.98. The Balaban J connectivity index is 2.30. The number of nitro benzene ring substituents is 1. The fourth-order valence-corrected chi connectivity index (χ4v) is 2.37. The predicted molar refractivity (Wildman–Crippen MR) is 78.2 cm³/mol. The minimum atomic E-state index is -0.453. The van der Waals surface area contributed by atoms with Crippen LogP contribution < -0.4 is 4.90 Å². The molecule has 0 bridgehead atoms. The average molecular weight is 290 g/mol. The Morgan fingerprint density at radius 3 is 2.76 bits per heavy atom. The van der Waals surface area contributed by atoms with Gasteiger partial charge in [0.15, 0.2) is 5.78 Å². The van der Waals surface area contributed by atoms with Crippen molar-refractivity contribution in [2.75, 3.05) is 11.4 Å². The first kappa shape index (κ1) is 15.2. The first-order valence-corrected chi connectivity index (χ1v) is 7.04. The van der Waals surface area contributed by atoms with Gasteiger partial charge in [0.25, 0.3) is 5.69 Å². The maximum absolute atomic E-state index is 12.1. The number of hydrogen-bond acceptors (Lipinski definition) is 4. The van der Waals surface area contributed by atoms with Gasteiger partial charge < -0.3 is 4.90 Å². The molecule has 0 saturated heterocycles. The van der Waals surface area contributed by atoms with Gasteiger partial charge in [0, 0.05) is 30.2 Å². The number of benzene rings is 1. The van der Waals surface area contributed by atoms with Crippen LogP contribution in [0, 0.1) is 16.0 Å². The number of carbonyl (C=O) groups excluding carboxylic acids is 2. The summed E-state index contributed by atoms with van der Waals surface area (Å²) in [5, 5.41) is 10.8. The fourth-order valence-electron chi connectivity index (χ4n) is 2.37. The molecule has 1 aliphatic heterocycles. The molecule has 0 saturated carbocycles. The second-order valence-corrected chi connectivity index (χ2v) is 5.33. The van der Waals surface area contributed by atoms with Crippen LogP contribution in [0.15, 0.2) is 18.2 Å². The number of hydrogen-bond donors (Lipinski definition) is 0. The summed E-state index contributed by atoms with van der Waals surface area (Å²) < 4.78 is 0. The number of Topliss-reactive ketones (excluding diaryl/α,β-unsaturated/α-hetero) is 1. The van der Waals surface area contributed by atoms with Gasteiger partial charge in [-0.1, -0.05) is 13.8 Å². The molecule has 0 aromatic heterocycles. The minimum Gasteiger partial charge on any atom is -0.305 e. The van der Waals surface area contributed by atoms with E-state index in [1.54, 1.807) is 6.07 Å². The molecule has 6 nitrogen and oxygen atoms in total. The Morgan fingerprint density at radius 1 is 1.43 bits per heavy atom. The molecule has 1 aliphatic rings. The van der Waals surface area contributed by atoms with Crippen LogP contribution in [0.4, 0.5) is 11.4 Å². The topological polar surface area (TPSA) is 80.5 Å². The number of rotatable bonds is 5. The molecule has 6 heteroatoms. The van der Waals surface area contributed by atoms with Crippen LogP contribution in [-0.2, 0) is 16.0 Å². The van der Waals surface area contributed by atoms with Crippen molar-refractivity contribution < 1.29 is 14.5 Å². The van der Waals surface area contributed by atoms with E-state index in [1.807, 2.05) is 13.8 Å². The lowest BCUT2D eigenvalue weighted by molar-refractivity contribution is -0.384. The third-order valence-corrected chi connectivity index (χ3v) is 3.95. The van der Waals surface area contributed by atoms with Crippen molar-refractivity contribution in [3.8, 4) is 0 Å². The molecular formula is C15H18N2O4. The van der Waals surface area contributed by atoms with E-state index in [1.165, 1.54) is 17.0 Å². The van der Waals surface area contributed by atoms with Gasteiger partial charge in [-0.25, -0.2) is 0 Å². The SMILES string of the molecule is CCC(C)C(=O)CN1C(=O)CCc2cc([N+](=O)[O-])ccc21. The first-order valence-electron chi connectivity index (χ1n) is 7.04. The van der Waals surface area contributed by atoms with E-state index in [0.29, 0.717) is 12.1 Å². The van der Waals surface area contributed by atoms with Crippen molar-refractivity contribution in [3.63, 3.8) is 0 Å². The van der Waals surface area contributed by atoms with Gasteiger partial charge >= 0.3 is 0 Å². The minimum absolute atomic E-state index is 0.0105. The van der Waals surface area contributed by atoms with E-state index in [0.717, 1.165) is 12.0 Å². The number of aryl methyl sites for hydroxylation is 1. The van der Waals surface area contributed by atoms with Crippen LogP contribution in [0.1, 0.15) is 32.3 Å². The molecule has 0 radical (unpaired) electrons. The van der Waals surface area contributed by atoms with Crippen molar-refractivity contribution in [1.29, 1.82) is 0 Å². The molecule has 112 valence electrons. The third-order valence-electron chi connectivity index (χ3n) is 3.95. The zero-order chi connectivity index (χ0) is 15.6. The summed E-state index contributed by atoms with van der Waals surface area (Å²) in [5.41, 5.74) is 1.38. The van der Waals surface area contributed by atoms with E-state index in [-0.39, 0.29) is 36.3 Å². The molecule has 21 heavy (non-hydrogen) atoms. The molecule has 1 unspecified atom stereocenters. The first-order chi connectivity index (χ1) is 9.93. The molecule has 2 rings (SSSR count). The van der Waals surface area contributed by atoms with Gasteiger partial charge in [-0.2, -0.15) is 0 Å². The molecular weight excluding hydrogens is 272 g/mol. The maximum atomic E-state index is 12.1. The van der Waals surface area contributed by atoms with Crippen LogP contribution in [0.2, 0.25) is 0 Å². The summed E-state index contributed by atoms with van der Waals surface area (Å²) in [4.78, 5) is 35.9. The molecule has 1 aromatic rings. The van der Waals surface area contributed by atoms with Gasteiger partial charge in [-0.15, -0.1) is 0 Å². The second kappa shape index (κ2) is 6.03. The molecule has 0 aliphatic carbocycles. The Hall–Kier alpha value is -2.24. The van der Waals surface area contributed by atoms with Crippen molar-refractivity contribution in [1.82, 2.24) is 0 Å². The van der Waals surface area contributed by atoms with E-state index in [2.05, 4.69) is 0 Å². The highest BCUT2D eigenvalue weighted by molar-refractivity contribution is 6.01. The Labute approximate surface area is 122 Å². The molecule has 1 atom stereocenters. The maximum Gasteiger partial charge on any atom is 0.269 e. The smallest absolute Gasteiger partial charge is 0.269 e. The Morgan fingerprint density at radius 2 is 2.14 bits per heavy atom. The van der Waals surface area contributed by atoms with Gasteiger partial charge in [-0.3, -0.25) is 19.7 Å². The number of anilines is 1. The van der Waals surface area contributed by atoms with Crippen molar-refractivity contribution in [2.45, 2.75) is 33.1 Å². The largest absolute Gasteiger partial charge is 0.305 e. The monoisotopic (exact) mass is 290 g/mol. The fraction of sp³-hybridized carbons (Fsp3) is 0.467.